The van der Waals surface area contributed by atoms with Crippen LogP contribution < -0.4 is 10.1 Å². The average molecular weight is 439 g/mol. The molecule has 6 nitrogen and oxygen atoms in total. The Hall–Kier alpha value is -2.09. The van der Waals surface area contributed by atoms with Gasteiger partial charge in [0.05, 0.1) is 27.8 Å². The van der Waals surface area contributed by atoms with Gasteiger partial charge >= 0.3 is 0 Å². The van der Waals surface area contributed by atoms with Crippen molar-refractivity contribution in [1.29, 1.82) is 0 Å². The molecule has 8 heteroatoms. The summed E-state index contributed by atoms with van der Waals surface area (Å²) in [7, 11) is -3.70. The maximum Gasteiger partial charge on any atom is 0.257 e. The molecule has 0 bridgehead atoms. The third-order valence-electron chi connectivity index (χ3n) is 4.42. The van der Waals surface area contributed by atoms with Crippen LogP contribution in [0, 0.1) is 0 Å². The molecule has 2 aromatic rings. The van der Waals surface area contributed by atoms with Crippen LogP contribution in [0.25, 0.3) is 0 Å². The Bertz CT molecular complexity index is 943. The number of nitrogens with zero attached hydrogens (tertiary/aromatic N) is 1. The number of amides is 1. The summed E-state index contributed by atoms with van der Waals surface area (Å²) in [5.74, 6) is 0.0514. The van der Waals surface area contributed by atoms with Crippen LogP contribution in [-0.2, 0) is 10.0 Å². The van der Waals surface area contributed by atoms with Gasteiger partial charge in [-0.15, -0.1) is 0 Å². The number of hydrogen-bond acceptors (Lipinski definition) is 4. The largest absolute Gasteiger partial charge is 0.491 e. The van der Waals surface area contributed by atoms with Crippen molar-refractivity contribution < 1.29 is 17.9 Å². The van der Waals surface area contributed by atoms with Gasteiger partial charge in [-0.3, -0.25) is 4.79 Å². The summed E-state index contributed by atoms with van der Waals surface area (Å²) in [6.07, 6.45) is 1.90. The number of benzene rings is 2. The van der Waals surface area contributed by atoms with Gasteiger partial charge in [-0.05, 0) is 36.8 Å². The Balaban J connectivity index is 2.31. The van der Waals surface area contributed by atoms with Gasteiger partial charge in [-0.1, -0.05) is 50.9 Å². The maximum atomic E-state index is 12.8. The molecule has 0 saturated heterocycles. The monoisotopic (exact) mass is 438 g/mol. The molecule has 0 saturated carbocycles. The molecule has 1 N–H and O–H groups in total. The van der Waals surface area contributed by atoms with E-state index in [1.807, 2.05) is 6.07 Å². The van der Waals surface area contributed by atoms with Crippen LogP contribution >= 0.6 is 11.6 Å². The van der Waals surface area contributed by atoms with Crippen LogP contribution in [0.3, 0.4) is 0 Å². The Morgan fingerprint density at radius 2 is 1.79 bits per heavy atom. The molecule has 0 aliphatic carbocycles. The third kappa shape index (κ3) is 5.72. The van der Waals surface area contributed by atoms with E-state index in [0.29, 0.717) is 31.1 Å². The Labute approximate surface area is 177 Å². The number of hydrogen-bond donors (Lipinski definition) is 1. The van der Waals surface area contributed by atoms with Crippen molar-refractivity contribution in [2.45, 2.75) is 38.5 Å². The summed E-state index contributed by atoms with van der Waals surface area (Å²) in [5.41, 5.74) is 0.588. The van der Waals surface area contributed by atoms with E-state index in [2.05, 4.69) is 12.2 Å². The van der Waals surface area contributed by atoms with E-state index >= 15 is 0 Å². The molecule has 0 radical (unpaired) electrons. The molecule has 1 amide bonds. The van der Waals surface area contributed by atoms with Crippen molar-refractivity contribution in [2.75, 3.05) is 25.0 Å². The molecule has 0 aliphatic rings. The van der Waals surface area contributed by atoms with Crippen molar-refractivity contribution in [3.63, 3.8) is 0 Å². The first-order valence-electron chi connectivity index (χ1n) is 9.68. The van der Waals surface area contributed by atoms with E-state index in [0.717, 1.165) is 12.8 Å². The first-order chi connectivity index (χ1) is 13.8. The lowest BCUT2D eigenvalue weighted by molar-refractivity contribution is 0.102. The quantitative estimate of drug-likeness (QED) is 0.540. The lowest BCUT2D eigenvalue weighted by atomic mass is 10.2. The average Bonchev–Trinajstić information content (AvgIpc) is 2.70. The first kappa shape index (κ1) is 23.2. The number of carbonyl (C=O) groups excluding carboxylic acids is 1. The van der Waals surface area contributed by atoms with Gasteiger partial charge in [0, 0.05) is 13.1 Å². The molecule has 29 heavy (non-hydrogen) atoms. The predicted molar refractivity (Wildman–Crippen MR) is 116 cm³/mol. The lowest BCUT2D eigenvalue weighted by Gasteiger charge is -2.19. The second-order valence-corrected chi connectivity index (χ2v) is 8.73. The maximum absolute atomic E-state index is 12.8. The van der Waals surface area contributed by atoms with Gasteiger partial charge in [-0.2, -0.15) is 4.31 Å². The van der Waals surface area contributed by atoms with Gasteiger partial charge in [0.2, 0.25) is 10.0 Å². The van der Waals surface area contributed by atoms with Gasteiger partial charge in [0.1, 0.15) is 5.75 Å². The van der Waals surface area contributed by atoms with Crippen LogP contribution in [0.2, 0.25) is 5.02 Å². The molecule has 0 spiro atoms. The number of unbranched alkanes of at least 4 members (excludes halogenated alkanes) is 1. The summed E-state index contributed by atoms with van der Waals surface area (Å²) < 4.78 is 32.6. The standard InChI is InChI=1S/C21H27ClN2O4S/c1-4-7-14-28-20-11-9-8-10-19(20)23-21(25)17-15-16(12-13-18(17)22)29(26,27)24(5-2)6-3/h8-13,15H,4-7,14H2,1-3H3,(H,23,25). The van der Waals surface area contributed by atoms with Crippen molar-refractivity contribution in [3.05, 3.63) is 53.1 Å². The number of carbonyl (C=O) groups is 1. The molecule has 2 aromatic carbocycles. The Morgan fingerprint density at radius 1 is 1.10 bits per heavy atom. The second-order valence-electron chi connectivity index (χ2n) is 6.38. The number of nitrogens with one attached hydrogen (secondary N) is 1. The van der Waals surface area contributed by atoms with Crippen molar-refractivity contribution in [1.82, 2.24) is 4.31 Å². The van der Waals surface area contributed by atoms with E-state index in [1.165, 1.54) is 22.5 Å². The fraction of sp³-hybridized carbons (Fsp3) is 0.381. The number of sulfonamides is 1. The van der Waals surface area contributed by atoms with Gasteiger partial charge in [0.25, 0.3) is 5.91 Å². The summed E-state index contributed by atoms with van der Waals surface area (Å²) in [6.45, 7) is 6.82. The second kappa shape index (κ2) is 10.6. The minimum Gasteiger partial charge on any atom is -0.491 e. The fourth-order valence-electron chi connectivity index (χ4n) is 2.76. The molecule has 158 valence electrons. The number of anilines is 1. The summed E-state index contributed by atoms with van der Waals surface area (Å²) in [6, 6.07) is 11.3. The van der Waals surface area contributed by atoms with Crippen molar-refractivity contribution in [2.24, 2.45) is 0 Å². The number of halogens is 1. The van der Waals surface area contributed by atoms with E-state index in [1.54, 1.807) is 32.0 Å². The fourth-order valence-corrected chi connectivity index (χ4v) is 4.45. The van der Waals surface area contributed by atoms with E-state index < -0.39 is 15.9 Å². The van der Waals surface area contributed by atoms with E-state index in [4.69, 9.17) is 16.3 Å². The molecule has 0 atom stereocenters. The molecular weight excluding hydrogens is 412 g/mol. The summed E-state index contributed by atoms with van der Waals surface area (Å²) in [5, 5.41) is 2.95. The van der Waals surface area contributed by atoms with E-state index in [9.17, 15) is 13.2 Å². The number of ether oxygens (including phenoxy) is 1. The van der Waals surface area contributed by atoms with Gasteiger partial charge in [0.15, 0.2) is 0 Å². The van der Waals surface area contributed by atoms with Gasteiger partial charge in [-0.25, -0.2) is 8.42 Å². The smallest absolute Gasteiger partial charge is 0.257 e. The zero-order valence-electron chi connectivity index (χ0n) is 16.9. The molecule has 0 aliphatic heterocycles. The highest BCUT2D eigenvalue weighted by molar-refractivity contribution is 7.89. The third-order valence-corrected chi connectivity index (χ3v) is 6.79. The van der Waals surface area contributed by atoms with Crippen LogP contribution in [0.15, 0.2) is 47.4 Å². The van der Waals surface area contributed by atoms with Crippen molar-refractivity contribution in [3.8, 4) is 5.75 Å². The number of para-hydroxylation sites is 2. The van der Waals surface area contributed by atoms with E-state index in [-0.39, 0.29) is 15.5 Å². The van der Waals surface area contributed by atoms with Crippen LogP contribution in [0.5, 0.6) is 5.75 Å². The minimum absolute atomic E-state index is 0.0308. The molecule has 0 heterocycles. The summed E-state index contributed by atoms with van der Waals surface area (Å²) >= 11 is 6.20. The Kier molecular flexibility index (Phi) is 8.49. The Morgan fingerprint density at radius 3 is 2.45 bits per heavy atom. The predicted octanol–water partition coefficient (Wildman–Crippen LogP) is 4.80. The van der Waals surface area contributed by atoms with Crippen LogP contribution in [0.1, 0.15) is 44.0 Å². The molecular formula is C21H27ClN2O4S. The first-order valence-corrected chi connectivity index (χ1v) is 11.5. The van der Waals surface area contributed by atoms with Crippen molar-refractivity contribution >= 4 is 33.2 Å². The number of rotatable bonds is 10. The van der Waals surface area contributed by atoms with Gasteiger partial charge < -0.3 is 10.1 Å². The normalized spacial score (nSPS) is 11.5. The highest BCUT2D eigenvalue weighted by atomic mass is 35.5. The minimum atomic E-state index is -3.70. The van der Waals surface area contributed by atoms with Crippen LogP contribution in [-0.4, -0.2) is 38.3 Å². The highest BCUT2D eigenvalue weighted by Crippen LogP contribution is 2.27. The summed E-state index contributed by atoms with van der Waals surface area (Å²) in [4.78, 5) is 12.9. The SMILES string of the molecule is CCCCOc1ccccc1NC(=O)c1cc(S(=O)(=O)N(CC)CC)ccc1Cl. The highest BCUT2D eigenvalue weighted by Gasteiger charge is 2.24. The zero-order valence-corrected chi connectivity index (χ0v) is 18.5. The van der Waals surface area contributed by atoms with Crippen LogP contribution in [0.4, 0.5) is 5.69 Å². The molecule has 0 fully saturated rings. The lowest BCUT2D eigenvalue weighted by Crippen LogP contribution is -2.30. The molecule has 0 aromatic heterocycles. The zero-order chi connectivity index (χ0) is 21.4. The topological polar surface area (TPSA) is 75.7 Å². The molecule has 0 unspecified atom stereocenters. The molecule has 2 rings (SSSR count).